The Labute approximate surface area is 88.1 Å². The fourth-order valence-corrected chi connectivity index (χ4v) is 1.94. The zero-order valence-corrected chi connectivity index (χ0v) is 8.33. The summed E-state index contributed by atoms with van der Waals surface area (Å²) in [5.41, 5.74) is 0. The van der Waals surface area contributed by atoms with Crippen LogP contribution in [-0.2, 0) is 4.79 Å². The zero-order valence-electron chi connectivity index (χ0n) is 8.33. The van der Waals surface area contributed by atoms with Gasteiger partial charge in [0.25, 0.3) is 0 Å². The van der Waals surface area contributed by atoms with Crippen LogP contribution < -0.4 is 5.32 Å². The smallest absolute Gasteiger partial charge is 0.451 e. The number of hydrogen-bond acceptors (Lipinski definition) is 5. The summed E-state index contributed by atoms with van der Waals surface area (Å²) in [5.74, 6) is -1.32. The molecule has 86 valence electrons. The van der Waals surface area contributed by atoms with Crippen molar-refractivity contribution in [1.29, 1.82) is 0 Å². The summed E-state index contributed by atoms with van der Waals surface area (Å²) in [7, 11) is -1.36. The Morgan fingerprint density at radius 2 is 2.13 bits per heavy atom. The molecule has 0 aromatic rings. The van der Waals surface area contributed by atoms with Crippen LogP contribution in [0.25, 0.3) is 0 Å². The van der Waals surface area contributed by atoms with Gasteiger partial charge in [-0.3, -0.25) is 4.79 Å². The van der Waals surface area contributed by atoms with Crippen LogP contribution in [0.4, 0.5) is 0 Å². The third-order valence-corrected chi connectivity index (χ3v) is 2.74. The lowest BCUT2D eigenvalue weighted by Gasteiger charge is -2.17. The van der Waals surface area contributed by atoms with Gasteiger partial charge in [0.1, 0.15) is 6.04 Å². The van der Waals surface area contributed by atoms with E-state index in [1.54, 1.807) is 0 Å². The Balaban J connectivity index is 2.39. The number of aliphatic hydroxyl groups is 1. The maximum atomic E-state index is 10.8. The molecule has 1 rings (SSSR count). The second-order valence-corrected chi connectivity index (χ2v) is 3.87. The van der Waals surface area contributed by atoms with Gasteiger partial charge in [0.2, 0.25) is 0 Å². The van der Waals surface area contributed by atoms with Gasteiger partial charge in [-0.15, -0.1) is 0 Å². The maximum absolute atomic E-state index is 10.8. The first-order valence-corrected chi connectivity index (χ1v) is 5.02. The lowest BCUT2D eigenvalue weighted by molar-refractivity contribution is -0.140. The van der Waals surface area contributed by atoms with E-state index >= 15 is 0 Å². The first-order chi connectivity index (χ1) is 7.02. The van der Waals surface area contributed by atoms with Crippen LogP contribution in [0.2, 0.25) is 6.32 Å². The van der Waals surface area contributed by atoms with Gasteiger partial charge in [0, 0.05) is 12.5 Å². The molecule has 7 heteroatoms. The second-order valence-electron chi connectivity index (χ2n) is 3.87. The van der Waals surface area contributed by atoms with Crippen molar-refractivity contribution >= 4 is 13.1 Å². The number of rotatable bonds is 5. The first-order valence-electron chi connectivity index (χ1n) is 5.02. The van der Waals surface area contributed by atoms with E-state index < -0.39 is 25.2 Å². The van der Waals surface area contributed by atoms with Gasteiger partial charge in [-0.25, -0.2) is 0 Å². The maximum Gasteiger partial charge on any atom is 0.451 e. The van der Waals surface area contributed by atoms with E-state index in [0.717, 1.165) is 0 Å². The van der Waals surface area contributed by atoms with Gasteiger partial charge in [0.05, 0.1) is 6.10 Å². The molecule has 0 spiro atoms. The predicted molar refractivity (Wildman–Crippen MR) is 53.2 cm³/mol. The van der Waals surface area contributed by atoms with E-state index in [-0.39, 0.29) is 18.8 Å². The van der Waals surface area contributed by atoms with E-state index in [2.05, 4.69) is 5.32 Å². The fraction of sp³-hybridized carbons (Fsp3) is 0.875. The number of β-amino-alcohol motifs (C(OH)–C–C–N with tert-alkyl or cyclic N) is 1. The zero-order chi connectivity index (χ0) is 11.4. The predicted octanol–water partition coefficient (Wildman–Crippen LogP) is -1.73. The van der Waals surface area contributed by atoms with Gasteiger partial charge < -0.3 is 25.6 Å². The molecule has 0 amide bonds. The third-order valence-electron chi connectivity index (χ3n) is 2.74. The SMILES string of the molecule is O=C(O)[C@H]1NCC(O)[C@H]1CCCB(O)O. The quantitative estimate of drug-likeness (QED) is 0.350. The van der Waals surface area contributed by atoms with Crippen molar-refractivity contribution in [2.45, 2.75) is 31.3 Å². The second kappa shape index (κ2) is 5.46. The largest absolute Gasteiger partial charge is 0.480 e. The summed E-state index contributed by atoms with van der Waals surface area (Å²) in [4.78, 5) is 10.8. The Kier molecular flexibility index (Phi) is 4.53. The number of carboxylic acids is 1. The average molecular weight is 217 g/mol. The minimum Gasteiger partial charge on any atom is -0.480 e. The number of carboxylic acid groups (broad SMARTS) is 1. The highest BCUT2D eigenvalue weighted by Crippen LogP contribution is 2.22. The lowest BCUT2D eigenvalue weighted by atomic mass is 9.81. The molecule has 1 unspecified atom stereocenters. The van der Waals surface area contributed by atoms with Crippen molar-refractivity contribution in [1.82, 2.24) is 5.32 Å². The summed E-state index contributed by atoms with van der Waals surface area (Å²) in [6.45, 7) is 0.281. The molecule has 3 atom stereocenters. The normalized spacial score (nSPS) is 30.5. The van der Waals surface area contributed by atoms with Crippen molar-refractivity contribution in [3.63, 3.8) is 0 Å². The standard InChI is InChI=1S/C8H16BNO5/c11-6-4-10-7(8(12)13)5(6)2-1-3-9(14)15/h5-7,10-11,14-15H,1-4H2,(H,12,13)/t5-,6?,7+/m1/s1. The Hall–Kier alpha value is -0.625. The Morgan fingerprint density at radius 3 is 2.67 bits per heavy atom. The fourth-order valence-electron chi connectivity index (χ4n) is 1.94. The van der Waals surface area contributed by atoms with Crippen LogP contribution in [0, 0.1) is 5.92 Å². The molecule has 1 aliphatic rings. The van der Waals surface area contributed by atoms with Crippen molar-refractivity contribution in [3.05, 3.63) is 0 Å². The van der Waals surface area contributed by atoms with Crippen molar-refractivity contribution in [3.8, 4) is 0 Å². The summed E-state index contributed by atoms with van der Waals surface area (Å²) in [6, 6.07) is -0.726. The molecule has 0 aromatic carbocycles. The highest BCUT2D eigenvalue weighted by Gasteiger charge is 2.38. The summed E-state index contributed by atoms with van der Waals surface area (Å²) < 4.78 is 0. The summed E-state index contributed by atoms with van der Waals surface area (Å²) in [5, 5.41) is 38.3. The molecule has 0 aromatic heterocycles. The molecule has 0 radical (unpaired) electrons. The summed E-state index contributed by atoms with van der Waals surface area (Å²) in [6.07, 6.45) is 0.505. The number of aliphatic hydroxyl groups excluding tert-OH is 1. The highest BCUT2D eigenvalue weighted by molar-refractivity contribution is 6.40. The minimum atomic E-state index is -1.36. The molecule has 6 nitrogen and oxygen atoms in total. The van der Waals surface area contributed by atoms with Gasteiger partial charge in [-0.2, -0.15) is 0 Å². The molecule has 5 N–H and O–H groups in total. The lowest BCUT2D eigenvalue weighted by Crippen LogP contribution is -2.36. The number of carbonyl (C=O) groups is 1. The molecule has 15 heavy (non-hydrogen) atoms. The molecular weight excluding hydrogens is 201 g/mol. The van der Waals surface area contributed by atoms with Crippen LogP contribution in [0.5, 0.6) is 0 Å². The van der Waals surface area contributed by atoms with Crippen molar-refractivity contribution < 1.29 is 25.1 Å². The van der Waals surface area contributed by atoms with Crippen LogP contribution in [-0.4, -0.2) is 52.0 Å². The van der Waals surface area contributed by atoms with Crippen LogP contribution in [0.15, 0.2) is 0 Å². The van der Waals surface area contributed by atoms with Gasteiger partial charge in [-0.1, -0.05) is 6.42 Å². The topological polar surface area (TPSA) is 110 Å². The summed E-state index contributed by atoms with van der Waals surface area (Å²) >= 11 is 0. The van der Waals surface area contributed by atoms with Crippen LogP contribution in [0.3, 0.4) is 0 Å². The molecule has 0 aliphatic carbocycles. The molecule has 1 saturated heterocycles. The van der Waals surface area contributed by atoms with E-state index in [4.69, 9.17) is 15.2 Å². The van der Waals surface area contributed by atoms with Crippen LogP contribution >= 0.6 is 0 Å². The van der Waals surface area contributed by atoms with E-state index in [1.165, 1.54) is 0 Å². The molecular formula is C8H16BNO5. The van der Waals surface area contributed by atoms with Gasteiger partial charge in [0.15, 0.2) is 0 Å². The van der Waals surface area contributed by atoms with Gasteiger partial charge in [-0.05, 0) is 12.7 Å². The Bertz CT molecular complexity index is 225. The molecule has 0 saturated carbocycles. The Morgan fingerprint density at radius 1 is 1.47 bits per heavy atom. The van der Waals surface area contributed by atoms with Crippen LogP contribution in [0.1, 0.15) is 12.8 Å². The molecule has 1 aliphatic heterocycles. The monoisotopic (exact) mass is 217 g/mol. The molecule has 1 fully saturated rings. The van der Waals surface area contributed by atoms with E-state index in [9.17, 15) is 9.90 Å². The average Bonchev–Trinajstić information content (AvgIpc) is 2.47. The van der Waals surface area contributed by atoms with Crippen molar-refractivity contribution in [2.75, 3.05) is 6.54 Å². The van der Waals surface area contributed by atoms with Crippen molar-refractivity contribution in [2.24, 2.45) is 5.92 Å². The first kappa shape index (κ1) is 12.4. The number of hydrogen-bond donors (Lipinski definition) is 5. The number of aliphatic carboxylic acids is 1. The van der Waals surface area contributed by atoms with E-state index in [1.807, 2.05) is 0 Å². The molecule has 1 heterocycles. The van der Waals surface area contributed by atoms with E-state index in [0.29, 0.717) is 12.8 Å². The number of nitrogens with one attached hydrogen (secondary N) is 1. The highest BCUT2D eigenvalue weighted by atomic mass is 16.4. The minimum absolute atomic E-state index is 0.204. The molecule has 0 bridgehead atoms. The van der Waals surface area contributed by atoms with Gasteiger partial charge >= 0.3 is 13.1 Å². The third kappa shape index (κ3) is 3.46.